The minimum absolute atomic E-state index is 0.0946. The quantitative estimate of drug-likeness (QED) is 0.700. The van der Waals surface area contributed by atoms with Crippen molar-refractivity contribution in [2.24, 2.45) is 0 Å². The standard InChI is InChI=1S/C21H22O8/c1-26-15-9-7-14(8-10-15)20(24)27-12-17-19(23)16(11-18(22)28-17)29-21(25)13-5-3-2-4-6-13/h2-10,16-19,22-23H,11-12H2,1H3/t16-,17-,18-,19+/m1/s1. The fourth-order valence-electron chi connectivity index (χ4n) is 2.92. The van der Waals surface area contributed by atoms with Crippen molar-refractivity contribution in [3.63, 3.8) is 0 Å². The number of methoxy groups -OCH3 is 1. The zero-order valence-corrected chi connectivity index (χ0v) is 15.8. The molecule has 0 unspecified atom stereocenters. The van der Waals surface area contributed by atoms with Crippen LogP contribution in [0.4, 0.5) is 0 Å². The lowest BCUT2D eigenvalue weighted by molar-refractivity contribution is -0.239. The monoisotopic (exact) mass is 402 g/mol. The van der Waals surface area contributed by atoms with Crippen molar-refractivity contribution in [2.75, 3.05) is 13.7 Å². The molecule has 4 atom stereocenters. The van der Waals surface area contributed by atoms with E-state index in [1.54, 1.807) is 54.6 Å². The van der Waals surface area contributed by atoms with Gasteiger partial charge in [0.2, 0.25) is 0 Å². The van der Waals surface area contributed by atoms with Crippen LogP contribution in [0, 0.1) is 0 Å². The highest BCUT2D eigenvalue weighted by molar-refractivity contribution is 5.90. The number of hydrogen-bond donors (Lipinski definition) is 2. The number of carbonyl (C=O) groups excluding carboxylic acids is 2. The number of benzene rings is 2. The Labute approximate surface area is 167 Å². The minimum Gasteiger partial charge on any atom is -0.497 e. The molecule has 1 heterocycles. The molecule has 0 aliphatic carbocycles. The Kier molecular flexibility index (Phi) is 6.82. The second-order valence-corrected chi connectivity index (χ2v) is 6.49. The molecule has 154 valence electrons. The van der Waals surface area contributed by atoms with Gasteiger partial charge in [-0.25, -0.2) is 9.59 Å². The Morgan fingerprint density at radius 2 is 1.66 bits per heavy atom. The van der Waals surface area contributed by atoms with Crippen LogP contribution in [0.25, 0.3) is 0 Å². The van der Waals surface area contributed by atoms with Crippen molar-refractivity contribution < 1.29 is 38.7 Å². The SMILES string of the molecule is COc1ccc(C(=O)OC[C@H]2O[C@@H](O)C[C@@H](OC(=O)c3ccccc3)[C@@H]2O)cc1. The summed E-state index contributed by atoms with van der Waals surface area (Å²) < 4.78 is 20.8. The maximum atomic E-state index is 12.2. The Hall–Kier alpha value is -2.94. The summed E-state index contributed by atoms with van der Waals surface area (Å²) in [5, 5.41) is 20.4. The Balaban J connectivity index is 1.58. The lowest BCUT2D eigenvalue weighted by Gasteiger charge is -2.36. The van der Waals surface area contributed by atoms with Gasteiger partial charge in [0, 0.05) is 6.42 Å². The van der Waals surface area contributed by atoms with Gasteiger partial charge >= 0.3 is 11.9 Å². The van der Waals surface area contributed by atoms with Gasteiger partial charge in [-0.15, -0.1) is 0 Å². The molecule has 0 bridgehead atoms. The van der Waals surface area contributed by atoms with Crippen molar-refractivity contribution in [1.82, 2.24) is 0 Å². The number of esters is 2. The number of aliphatic hydroxyl groups is 2. The molecule has 0 spiro atoms. The van der Waals surface area contributed by atoms with Gasteiger partial charge in [0.05, 0.1) is 18.2 Å². The smallest absolute Gasteiger partial charge is 0.338 e. The molecular weight excluding hydrogens is 380 g/mol. The van der Waals surface area contributed by atoms with Crippen molar-refractivity contribution >= 4 is 11.9 Å². The van der Waals surface area contributed by atoms with Crippen LogP contribution in [0.15, 0.2) is 54.6 Å². The normalized spacial score (nSPS) is 23.8. The minimum atomic E-state index is -1.27. The third-order valence-electron chi connectivity index (χ3n) is 4.50. The Bertz CT molecular complexity index is 820. The molecule has 1 aliphatic heterocycles. The second-order valence-electron chi connectivity index (χ2n) is 6.49. The molecule has 2 aromatic rings. The molecule has 8 heteroatoms. The van der Waals surface area contributed by atoms with Crippen LogP contribution in [0.3, 0.4) is 0 Å². The van der Waals surface area contributed by atoms with E-state index < -0.39 is 36.5 Å². The number of carbonyl (C=O) groups is 2. The van der Waals surface area contributed by atoms with Crippen LogP contribution in [-0.4, -0.2) is 60.5 Å². The molecule has 1 aliphatic rings. The van der Waals surface area contributed by atoms with Crippen LogP contribution >= 0.6 is 0 Å². The number of rotatable bonds is 6. The molecule has 0 radical (unpaired) electrons. The number of hydrogen-bond acceptors (Lipinski definition) is 8. The van der Waals surface area contributed by atoms with Crippen molar-refractivity contribution in [3.8, 4) is 5.75 Å². The van der Waals surface area contributed by atoms with Gasteiger partial charge in [0.25, 0.3) is 0 Å². The summed E-state index contributed by atoms with van der Waals surface area (Å²) in [7, 11) is 1.52. The third-order valence-corrected chi connectivity index (χ3v) is 4.50. The van der Waals surface area contributed by atoms with E-state index in [2.05, 4.69) is 0 Å². The van der Waals surface area contributed by atoms with Crippen LogP contribution in [0.5, 0.6) is 5.75 Å². The summed E-state index contributed by atoms with van der Waals surface area (Å²) >= 11 is 0. The Morgan fingerprint density at radius 3 is 2.31 bits per heavy atom. The summed E-state index contributed by atoms with van der Waals surface area (Å²) in [5.41, 5.74) is 0.617. The first-order valence-electron chi connectivity index (χ1n) is 9.06. The summed E-state index contributed by atoms with van der Waals surface area (Å²) in [6, 6.07) is 14.6. The molecule has 0 amide bonds. The largest absolute Gasteiger partial charge is 0.497 e. The summed E-state index contributed by atoms with van der Waals surface area (Å²) in [6.07, 6.45) is -4.68. The first-order chi connectivity index (χ1) is 14.0. The van der Waals surface area contributed by atoms with E-state index in [0.29, 0.717) is 16.9 Å². The van der Waals surface area contributed by atoms with E-state index >= 15 is 0 Å². The zero-order chi connectivity index (χ0) is 20.8. The van der Waals surface area contributed by atoms with Crippen LogP contribution < -0.4 is 4.74 Å². The predicted molar refractivity (Wildman–Crippen MR) is 100 cm³/mol. The van der Waals surface area contributed by atoms with Crippen LogP contribution in [0.1, 0.15) is 27.1 Å². The number of aliphatic hydroxyl groups excluding tert-OH is 2. The van der Waals surface area contributed by atoms with E-state index in [4.69, 9.17) is 18.9 Å². The van der Waals surface area contributed by atoms with E-state index in [1.807, 2.05) is 0 Å². The molecule has 1 saturated heterocycles. The lowest BCUT2D eigenvalue weighted by Crippen LogP contribution is -2.52. The van der Waals surface area contributed by atoms with Crippen LogP contribution in [0.2, 0.25) is 0 Å². The van der Waals surface area contributed by atoms with E-state index in [1.165, 1.54) is 7.11 Å². The maximum Gasteiger partial charge on any atom is 0.338 e. The van der Waals surface area contributed by atoms with Crippen molar-refractivity contribution in [3.05, 3.63) is 65.7 Å². The van der Waals surface area contributed by atoms with Gasteiger partial charge in [0.1, 0.15) is 30.7 Å². The second kappa shape index (κ2) is 9.51. The first-order valence-corrected chi connectivity index (χ1v) is 9.06. The molecule has 2 N–H and O–H groups in total. The fourth-order valence-corrected chi connectivity index (χ4v) is 2.92. The molecule has 2 aromatic carbocycles. The summed E-state index contributed by atoms with van der Waals surface area (Å²) in [5.74, 6) is -0.655. The van der Waals surface area contributed by atoms with Crippen molar-refractivity contribution in [1.29, 1.82) is 0 Å². The predicted octanol–water partition coefficient (Wildman–Crippen LogP) is 1.55. The molecule has 0 aromatic heterocycles. The molecular formula is C21H22O8. The Morgan fingerprint density at radius 1 is 1.00 bits per heavy atom. The molecule has 1 fully saturated rings. The zero-order valence-electron chi connectivity index (χ0n) is 15.8. The fraction of sp³-hybridized carbons (Fsp3) is 0.333. The van der Waals surface area contributed by atoms with E-state index in [9.17, 15) is 19.8 Å². The van der Waals surface area contributed by atoms with Crippen LogP contribution in [-0.2, 0) is 14.2 Å². The average molecular weight is 402 g/mol. The topological polar surface area (TPSA) is 112 Å². The highest BCUT2D eigenvalue weighted by Crippen LogP contribution is 2.23. The third kappa shape index (κ3) is 5.32. The number of ether oxygens (including phenoxy) is 4. The van der Waals surface area contributed by atoms with E-state index in [-0.39, 0.29) is 13.0 Å². The van der Waals surface area contributed by atoms with Gasteiger partial charge in [0.15, 0.2) is 6.29 Å². The molecule has 8 nitrogen and oxygen atoms in total. The maximum absolute atomic E-state index is 12.2. The molecule has 29 heavy (non-hydrogen) atoms. The molecule has 3 rings (SSSR count). The van der Waals surface area contributed by atoms with E-state index in [0.717, 1.165) is 0 Å². The summed E-state index contributed by atoms with van der Waals surface area (Å²) in [4.78, 5) is 24.4. The molecule has 0 saturated carbocycles. The summed E-state index contributed by atoms with van der Waals surface area (Å²) in [6.45, 7) is -0.317. The van der Waals surface area contributed by atoms with Gasteiger partial charge in [-0.3, -0.25) is 0 Å². The average Bonchev–Trinajstić information content (AvgIpc) is 2.75. The van der Waals surface area contributed by atoms with Crippen molar-refractivity contribution in [2.45, 2.75) is 31.0 Å². The highest BCUT2D eigenvalue weighted by Gasteiger charge is 2.40. The first kappa shape index (κ1) is 20.8. The van der Waals surface area contributed by atoms with Gasteiger partial charge in [-0.2, -0.15) is 0 Å². The van der Waals surface area contributed by atoms with Gasteiger partial charge in [-0.05, 0) is 36.4 Å². The lowest BCUT2D eigenvalue weighted by atomic mass is 10.0. The van der Waals surface area contributed by atoms with Gasteiger partial charge < -0.3 is 29.2 Å². The highest BCUT2D eigenvalue weighted by atomic mass is 16.6. The van der Waals surface area contributed by atoms with Gasteiger partial charge in [-0.1, -0.05) is 18.2 Å².